The highest BCUT2D eigenvalue weighted by molar-refractivity contribution is 7.91. The van der Waals surface area contributed by atoms with Crippen molar-refractivity contribution in [3.63, 3.8) is 0 Å². The van der Waals surface area contributed by atoms with Gasteiger partial charge in [0.25, 0.3) is 5.91 Å². The van der Waals surface area contributed by atoms with Crippen LogP contribution in [-0.4, -0.2) is 52.9 Å². The minimum atomic E-state index is -3.07. The quantitative estimate of drug-likeness (QED) is 0.659. The average Bonchev–Trinajstić information content (AvgIpc) is 3.40. The highest BCUT2D eigenvalue weighted by Crippen LogP contribution is 2.29. The summed E-state index contributed by atoms with van der Waals surface area (Å²) in [7, 11) is -1.49. The molecular weight excluding hydrogens is 394 g/mol. The van der Waals surface area contributed by atoms with Gasteiger partial charge in [-0.1, -0.05) is 12.1 Å². The minimum Gasteiger partial charge on any atom is -0.496 e. The largest absolute Gasteiger partial charge is 0.496 e. The summed E-state index contributed by atoms with van der Waals surface area (Å²) in [6, 6.07) is 10.5. The first-order chi connectivity index (χ1) is 13.9. The number of nitrogens with one attached hydrogen (secondary N) is 2. The van der Waals surface area contributed by atoms with Crippen LogP contribution in [0.1, 0.15) is 28.6 Å². The molecule has 2 aromatic heterocycles. The molecule has 10 heteroatoms. The number of ether oxygens (including phenoxy) is 1. The fraction of sp³-hybridized carbons (Fsp3) is 0.316. The molecule has 9 nitrogen and oxygen atoms in total. The molecule has 0 aliphatic carbocycles. The number of carbonyl (C=O) groups excluding carboxylic acids is 1. The van der Waals surface area contributed by atoms with Crippen LogP contribution in [0.2, 0.25) is 0 Å². The highest BCUT2D eigenvalue weighted by Gasteiger charge is 2.31. The number of H-pyrrole nitrogens is 1. The number of aryl methyl sites for hydroxylation is 1. The molecule has 0 bridgehead atoms. The van der Waals surface area contributed by atoms with E-state index in [-0.39, 0.29) is 29.1 Å². The number of hydrogen-bond acceptors (Lipinski definition) is 6. The Hall–Kier alpha value is -3.14. The van der Waals surface area contributed by atoms with Gasteiger partial charge < -0.3 is 10.1 Å². The number of anilines is 1. The lowest BCUT2D eigenvalue weighted by Gasteiger charge is -2.13. The number of hydrogen-bond donors (Lipinski definition) is 2. The number of carbonyl (C=O) groups is 1. The predicted molar refractivity (Wildman–Crippen MR) is 108 cm³/mol. The van der Waals surface area contributed by atoms with E-state index in [4.69, 9.17) is 4.74 Å². The summed E-state index contributed by atoms with van der Waals surface area (Å²) in [5, 5.41) is 14.1. The van der Waals surface area contributed by atoms with Gasteiger partial charge in [0.1, 0.15) is 17.3 Å². The fourth-order valence-corrected chi connectivity index (χ4v) is 5.16. The van der Waals surface area contributed by atoms with Crippen LogP contribution in [-0.2, 0) is 9.84 Å². The molecule has 4 rings (SSSR count). The summed E-state index contributed by atoms with van der Waals surface area (Å²) in [6.45, 7) is 1.80. The van der Waals surface area contributed by atoms with E-state index in [1.54, 1.807) is 30.8 Å². The molecule has 1 amide bonds. The maximum Gasteiger partial charge on any atom is 0.274 e. The van der Waals surface area contributed by atoms with Gasteiger partial charge in [0, 0.05) is 11.6 Å². The zero-order chi connectivity index (χ0) is 20.6. The molecular formula is C19H21N5O4S. The Balaban J connectivity index is 1.56. The van der Waals surface area contributed by atoms with Gasteiger partial charge in [0.2, 0.25) is 0 Å². The van der Waals surface area contributed by atoms with Crippen LogP contribution in [0.15, 0.2) is 36.4 Å². The van der Waals surface area contributed by atoms with E-state index in [0.717, 1.165) is 5.56 Å². The molecule has 1 aliphatic rings. The monoisotopic (exact) mass is 415 g/mol. The Morgan fingerprint density at radius 2 is 2.10 bits per heavy atom. The standard InChI is InChI=1S/C19H21N5O4S/c1-12-9-18(24(23-12)13-7-8-29(26,27)11-13)20-19(25)16-10-15(21-22-16)14-5-3-4-6-17(14)28-2/h3-6,9-10,13H,7-8,11H2,1-2H3,(H,20,25)(H,21,22)/t13-/m0/s1. The van der Waals surface area contributed by atoms with Gasteiger partial charge in [-0.25, -0.2) is 13.1 Å². The van der Waals surface area contributed by atoms with Gasteiger partial charge in [-0.15, -0.1) is 0 Å². The Kier molecular flexibility index (Phi) is 4.87. The van der Waals surface area contributed by atoms with Gasteiger partial charge in [0.15, 0.2) is 9.84 Å². The number of nitrogens with zero attached hydrogens (tertiary/aromatic N) is 3. The third kappa shape index (κ3) is 3.88. The number of rotatable bonds is 5. The normalized spacial score (nSPS) is 17.9. The summed E-state index contributed by atoms with van der Waals surface area (Å²) in [5.41, 5.74) is 2.32. The first-order valence-corrected chi connectivity index (χ1v) is 10.9. The molecule has 3 aromatic rings. The average molecular weight is 415 g/mol. The summed E-state index contributed by atoms with van der Waals surface area (Å²) in [5.74, 6) is 0.886. The third-order valence-electron chi connectivity index (χ3n) is 4.86. The molecule has 1 aliphatic heterocycles. The summed E-state index contributed by atoms with van der Waals surface area (Å²) < 4.78 is 30.6. The van der Waals surface area contributed by atoms with Gasteiger partial charge in [0.05, 0.1) is 36.0 Å². The maximum atomic E-state index is 12.7. The van der Waals surface area contributed by atoms with Crippen LogP contribution < -0.4 is 10.1 Å². The van der Waals surface area contributed by atoms with Crippen molar-refractivity contribution in [3.05, 3.63) is 47.8 Å². The number of para-hydroxylation sites is 1. The molecule has 1 fully saturated rings. The van der Waals surface area contributed by atoms with E-state index in [1.165, 1.54) is 0 Å². The van der Waals surface area contributed by atoms with Gasteiger partial charge in [-0.05, 0) is 31.5 Å². The summed E-state index contributed by atoms with van der Waals surface area (Å²) >= 11 is 0. The number of aromatic nitrogens is 4. The van der Waals surface area contributed by atoms with Crippen molar-refractivity contribution >= 4 is 21.6 Å². The van der Waals surface area contributed by atoms with E-state index in [1.807, 2.05) is 24.3 Å². The van der Waals surface area contributed by atoms with Crippen molar-refractivity contribution in [2.24, 2.45) is 0 Å². The van der Waals surface area contributed by atoms with Crippen molar-refractivity contribution in [3.8, 4) is 17.0 Å². The van der Waals surface area contributed by atoms with Gasteiger partial charge in [-0.3, -0.25) is 9.89 Å². The lowest BCUT2D eigenvalue weighted by atomic mass is 10.1. The Morgan fingerprint density at radius 1 is 1.31 bits per heavy atom. The second-order valence-electron chi connectivity index (χ2n) is 6.99. The van der Waals surface area contributed by atoms with E-state index < -0.39 is 9.84 Å². The number of methoxy groups -OCH3 is 1. The van der Waals surface area contributed by atoms with E-state index in [2.05, 4.69) is 20.6 Å². The van der Waals surface area contributed by atoms with E-state index >= 15 is 0 Å². The number of aromatic amines is 1. The van der Waals surface area contributed by atoms with Crippen LogP contribution in [0.4, 0.5) is 5.82 Å². The lowest BCUT2D eigenvalue weighted by molar-refractivity contribution is 0.102. The maximum absolute atomic E-state index is 12.7. The smallest absolute Gasteiger partial charge is 0.274 e. The van der Waals surface area contributed by atoms with E-state index in [0.29, 0.717) is 29.4 Å². The van der Waals surface area contributed by atoms with Crippen molar-refractivity contribution in [1.29, 1.82) is 0 Å². The molecule has 0 spiro atoms. The molecule has 1 saturated heterocycles. The Bertz CT molecular complexity index is 1160. The zero-order valence-electron chi connectivity index (χ0n) is 16.0. The minimum absolute atomic E-state index is 0.0268. The van der Waals surface area contributed by atoms with Crippen molar-refractivity contribution in [2.45, 2.75) is 19.4 Å². The van der Waals surface area contributed by atoms with Crippen LogP contribution in [0.25, 0.3) is 11.3 Å². The molecule has 0 saturated carbocycles. The molecule has 29 heavy (non-hydrogen) atoms. The first kappa shape index (κ1) is 19.2. The predicted octanol–water partition coefficient (Wildman–Crippen LogP) is 2.20. The number of sulfone groups is 1. The molecule has 1 atom stereocenters. The van der Waals surface area contributed by atoms with Crippen molar-refractivity contribution in [2.75, 3.05) is 23.9 Å². The second-order valence-corrected chi connectivity index (χ2v) is 9.22. The summed E-state index contributed by atoms with van der Waals surface area (Å²) in [4.78, 5) is 12.7. The second kappa shape index (κ2) is 7.36. The Labute approximate surface area is 168 Å². The SMILES string of the molecule is COc1ccccc1-c1cc(C(=O)Nc2cc(C)nn2[C@H]2CCS(=O)(=O)C2)[nH]n1. The molecule has 3 heterocycles. The molecule has 0 unspecified atom stereocenters. The Morgan fingerprint density at radius 3 is 2.83 bits per heavy atom. The highest BCUT2D eigenvalue weighted by atomic mass is 32.2. The number of amides is 1. The fourth-order valence-electron chi connectivity index (χ4n) is 3.47. The van der Waals surface area contributed by atoms with Crippen LogP contribution in [0.5, 0.6) is 5.75 Å². The topological polar surface area (TPSA) is 119 Å². The van der Waals surface area contributed by atoms with Gasteiger partial charge in [-0.2, -0.15) is 10.2 Å². The third-order valence-corrected chi connectivity index (χ3v) is 6.61. The van der Waals surface area contributed by atoms with Crippen molar-refractivity contribution in [1.82, 2.24) is 20.0 Å². The van der Waals surface area contributed by atoms with Crippen LogP contribution in [0.3, 0.4) is 0 Å². The van der Waals surface area contributed by atoms with Crippen LogP contribution in [0, 0.1) is 6.92 Å². The van der Waals surface area contributed by atoms with E-state index in [9.17, 15) is 13.2 Å². The summed E-state index contributed by atoms with van der Waals surface area (Å²) in [6.07, 6.45) is 0.480. The molecule has 0 radical (unpaired) electrons. The first-order valence-electron chi connectivity index (χ1n) is 9.13. The van der Waals surface area contributed by atoms with Crippen LogP contribution >= 0.6 is 0 Å². The molecule has 2 N–H and O–H groups in total. The van der Waals surface area contributed by atoms with Crippen molar-refractivity contribution < 1.29 is 17.9 Å². The molecule has 152 valence electrons. The zero-order valence-corrected chi connectivity index (χ0v) is 16.9. The van der Waals surface area contributed by atoms with Gasteiger partial charge >= 0.3 is 0 Å². The molecule has 1 aromatic carbocycles. The lowest BCUT2D eigenvalue weighted by Crippen LogP contribution is -2.19. The number of benzene rings is 1.